The van der Waals surface area contributed by atoms with Crippen molar-refractivity contribution < 1.29 is 13.2 Å². The summed E-state index contributed by atoms with van der Waals surface area (Å²) in [5.41, 5.74) is 5.43. The highest BCUT2D eigenvalue weighted by molar-refractivity contribution is 7.88. The number of carbonyl (C=O) groups excluding carboxylic acids is 1. The van der Waals surface area contributed by atoms with Crippen LogP contribution in [0.3, 0.4) is 0 Å². The minimum absolute atomic E-state index is 0.00789. The minimum atomic E-state index is -3.37. The molecule has 0 aromatic heterocycles. The van der Waals surface area contributed by atoms with Crippen LogP contribution in [0.4, 0.5) is 0 Å². The standard InChI is InChI=1S/C24H32N2O3S/c1-17-5-8-21(9-6-17)16-30(28,29)26-13-11-22(12-14-26)24(27)25-20(4)23-10-7-18(2)19(3)15-23/h5-10,15,20,22H,11-14,16H2,1-4H3,(H,25,27)/t20-/m0/s1. The van der Waals surface area contributed by atoms with Gasteiger partial charge in [0.05, 0.1) is 11.8 Å². The molecule has 0 radical (unpaired) electrons. The van der Waals surface area contributed by atoms with Crippen LogP contribution in [0.2, 0.25) is 0 Å². The summed E-state index contributed by atoms with van der Waals surface area (Å²) in [7, 11) is -3.37. The fourth-order valence-electron chi connectivity index (χ4n) is 3.83. The lowest BCUT2D eigenvalue weighted by Gasteiger charge is -2.31. The van der Waals surface area contributed by atoms with Gasteiger partial charge in [-0.15, -0.1) is 0 Å². The number of piperidine rings is 1. The van der Waals surface area contributed by atoms with E-state index in [9.17, 15) is 13.2 Å². The van der Waals surface area contributed by atoms with Gasteiger partial charge in [0.1, 0.15) is 0 Å². The quantitative estimate of drug-likeness (QED) is 0.755. The summed E-state index contributed by atoms with van der Waals surface area (Å²) in [6.07, 6.45) is 1.11. The second-order valence-electron chi connectivity index (χ2n) is 8.49. The monoisotopic (exact) mass is 428 g/mol. The van der Waals surface area contributed by atoms with Gasteiger partial charge in [-0.1, -0.05) is 48.0 Å². The number of aryl methyl sites for hydroxylation is 3. The number of hydrogen-bond acceptors (Lipinski definition) is 3. The second kappa shape index (κ2) is 9.31. The molecule has 1 aliphatic rings. The molecule has 1 fully saturated rings. The molecule has 0 saturated carbocycles. The molecule has 0 spiro atoms. The van der Waals surface area contributed by atoms with Gasteiger partial charge < -0.3 is 5.32 Å². The summed E-state index contributed by atoms with van der Waals surface area (Å²) in [6.45, 7) is 8.90. The van der Waals surface area contributed by atoms with Crippen molar-refractivity contribution in [2.45, 2.75) is 52.3 Å². The Balaban J connectivity index is 1.54. The normalized spacial score (nSPS) is 16.9. The summed E-state index contributed by atoms with van der Waals surface area (Å²) in [5.74, 6) is -0.130. The zero-order valence-electron chi connectivity index (χ0n) is 18.3. The van der Waals surface area contributed by atoms with Crippen LogP contribution in [0.15, 0.2) is 42.5 Å². The van der Waals surface area contributed by atoms with E-state index in [4.69, 9.17) is 0 Å². The van der Waals surface area contributed by atoms with Gasteiger partial charge in [0, 0.05) is 19.0 Å². The van der Waals surface area contributed by atoms with Crippen LogP contribution in [-0.2, 0) is 20.6 Å². The molecule has 0 aliphatic carbocycles. The van der Waals surface area contributed by atoms with E-state index in [1.807, 2.05) is 44.2 Å². The first-order valence-corrected chi connectivity index (χ1v) is 12.2. The third-order valence-corrected chi connectivity index (χ3v) is 7.93. The average molecular weight is 429 g/mol. The third-order valence-electron chi connectivity index (χ3n) is 6.08. The molecule has 2 aromatic carbocycles. The number of carbonyl (C=O) groups is 1. The molecule has 6 heteroatoms. The van der Waals surface area contributed by atoms with Crippen molar-refractivity contribution in [3.8, 4) is 0 Å². The topological polar surface area (TPSA) is 66.5 Å². The van der Waals surface area contributed by atoms with Gasteiger partial charge in [-0.05, 0) is 62.8 Å². The van der Waals surface area contributed by atoms with Gasteiger partial charge in [0.15, 0.2) is 0 Å². The lowest BCUT2D eigenvalue weighted by Crippen LogP contribution is -2.43. The zero-order chi connectivity index (χ0) is 21.9. The molecule has 1 amide bonds. The van der Waals surface area contributed by atoms with E-state index >= 15 is 0 Å². The molecule has 5 nitrogen and oxygen atoms in total. The fraction of sp³-hybridized carbons (Fsp3) is 0.458. The van der Waals surface area contributed by atoms with Crippen molar-refractivity contribution in [3.63, 3.8) is 0 Å². The largest absolute Gasteiger partial charge is 0.349 e. The van der Waals surface area contributed by atoms with Crippen molar-refractivity contribution in [1.29, 1.82) is 0 Å². The Bertz CT molecular complexity index is 992. The average Bonchev–Trinajstić information content (AvgIpc) is 2.71. The van der Waals surface area contributed by atoms with E-state index in [2.05, 4.69) is 31.3 Å². The molecule has 1 heterocycles. The predicted molar refractivity (Wildman–Crippen MR) is 121 cm³/mol. The van der Waals surface area contributed by atoms with Gasteiger partial charge >= 0.3 is 0 Å². The highest BCUT2D eigenvalue weighted by Gasteiger charge is 2.31. The Morgan fingerprint density at radius 1 is 1.03 bits per heavy atom. The predicted octanol–water partition coefficient (Wildman–Crippen LogP) is 4.03. The van der Waals surface area contributed by atoms with E-state index in [0.717, 1.165) is 16.7 Å². The number of nitrogens with one attached hydrogen (secondary N) is 1. The highest BCUT2D eigenvalue weighted by atomic mass is 32.2. The van der Waals surface area contributed by atoms with Crippen molar-refractivity contribution in [2.24, 2.45) is 5.92 Å². The SMILES string of the molecule is Cc1ccc(CS(=O)(=O)N2CCC(C(=O)N[C@@H](C)c3ccc(C)c(C)c3)CC2)cc1. The number of nitrogens with zero attached hydrogens (tertiary/aromatic N) is 1. The lowest BCUT2D eigenvalue weighted by atomic mass is 9.96. The molecule has 0 bridgehead atoms. The zero-order valence-corrected chi connectivity index (χ0v) is 19.1. The number of rotatable bonds is 6. The molecule has 1 saturated heterocycles. The molecule has 1 atom stereocenters. The van der Waals surface area contributed by atoms with Crippen molar-refractivity contribution in [1.82, 2.24) is 9.62 Å². The second-order valence-corrected chi connectivity index (χ2v) is 10.5. The molecule has 3 rings (SSSR count). The molecule has 2 aromatic rings. The third kappa shape index (κ3) is 5.49. The van der Waals surface area contributed by atoms with Crippen LogP contribution >= 0.6 is 0 Å². The van der Waals surface area contributed by atoms with Gasteiger partial charge in [-0.2, -0.15) is 0 Å². The first-order chi connectivity index (χ1) is 14.2. The molecule has 30 heavy (non-hydrogen) atoms. The first kappa shape index (κ1) is 22.5. The van der Waals surface area contributed by atoms with Crippen LogP contribution in [-0.4, -0.2) is 31.7 Å². The summed E-state index contributed by atoms with van der Waals surface area (Å²) in [4.78, 5) is 12.7. The van der Waals surface area contributed by atoms with Crippen LogP contribution in [0.25, 0.3) is 0 Å². The molecular formula is C24H32N2O3S. The highest BCUT2D eigenvalue weighted by Crippen LogP contribution is 2.24. The summed E-state index contributed by atoms with van der Waals surface area (Å²) in [6, 6.07) is 13.7. The smallest absolute Gasteiger partial charge is 0.223 e. The number of amides is 1. The van der Waals surface area contributed by atoms with Gasteiger partial charge in [0.2, 0.25) is 15.9 Å². The van der Waals surface area contributed by atoms with E-state index in [1.54, 1.807) is 0 Å². The molecule has 162 valence electrons. The van der Waals surface area contributed by atoms with E-state index in [1.165, 1.54) is 15.4 Å². The maximum Gasteiger partial charge on any atom is 0.223 e. The van der Waals surface area contributed by atoms with Crippen molar-refractivity contribution in [3.05, 3.63) is 70.3 Å². The van der Waals surface area contributed by atoms with E-state index < -0.39 is 10.0 Å². The maximum atomic E-state index is 12.8. The number of benzene rings is 2. The van der Waals surface area contributed by atoms with Gasteiger partial charge in [0.25, 0.3) is 0 Å². The summed E-state index contributed by atoms with van der Waals surface area (Å²) < 4.78 is 27.1. The lowest BCUT2D eigenvalue weighted by molar-refractivity contribution is -0.126. The number of hydrogen-bond donors (Lipinski definition) is 1. The molecule has 0 unspecified atom stereocenters. The Morgan fingerprint density at radius 3 is 2.27 bits per heavy atom. The Labute approximate surface area is 180 Å². The number of sulfonamides is 1. The van der Waals surface area contributed by atoms with Gasteiger partial charge in [-0.3, -0.25) is 4.79 Å². The van der Waals surface area contributed by atoms with Gasteiger partial charge in [-0.25, -0.2) is 12.7 Å². The summed E-state index contributed by atoms with van der Waals surface area (Å²) in [5, 5.41) is 3.10. The van der Waals surface area contributed by atoms with Crippen LogP contribution in [0.1, 0.15) is 53.6 Å². The van der Waals surface area contributed by atoms with Crippen molar-refractivity contribution >= 4 is 15.9 Å². The maximum absolute atomic E-state index is 12.8. The molecular weight excluding hydrogens is 396 g/mol. The van der Waals surface area contributed by atoms with E-state index in [-0.39, 0.29) is 23.6 Å². The molecule has 1 aliphatic heterocycles. The fourth-order valence-corrected chi connectivity index (χ4v) is 5.39. The van der Waals surface area contributed by atoms with Crippen molar-refractivity contribution in [2.75, 3.05) is 13.1 Å². The minimum Gasteiger partial charge on any atom is -0.349 e. The summed E-state index contributed by atoms with van der Waals surface area (Å²) >= 11 is 0. The Kier molecular flexibility index (Phi) is 6.98. The van der Waals surface area contributed by atoms with Crippen LogP contribution < -0.4 is 5.32 Å². The Morgan fingerprint density at radius 2 is 1.67 bits per heavy atom. The van der Waals surface area contributed by atoms with Crippen LogP contribution in [0.5, 0.6) is 0 Å². The molecule has 1 N–H and O–H groups in total. The van der Waals surface area contributed by atoms with Crippen LogP contribution in [0, 0.1) is 26.7 Å². The first-order valence-electron chi connectivity index (χ1n) is 10.6. The Hall–Kier alpha value is -2.18. The van der Waals surface area contributed by atoms with E-state index in [0.29, 0.717) is 25.9 Å².